The Bertz CT molecular complexity index is 842. The number of aromatic nitrogens is 1. The molecule has 7 heteroatoms. The quantitative estimate of drug-likeness (QED) is 0.496. The molecule has 2 aromatic carbocycles. The molecule has 0 radical (unpaired) electrons. The molecule has 0 atom stereocenters. The minimum Gasteiger partial charge on any atom is -0.490 e. The van der Waals surface area contributed by atoms with Crippen molar-refractivity contribution >= 4 is 32.4 Å². The van der Waals surface area contributed by atoms with Gasteiger partial charge in [-0.15, -0.1) is 11.3 Å². The Morgan fingerprint density at radius 2 is 1.96 bits per heavy atom. The van der Waals surface area contributed by atoms with Gasteiger partial charge < -0.3 is 14.8 Å². The lowest BCUT2D eigenvalue weighted by Gasteiger charge is -2.16. The Morgan fingerprint density at radius 1 is 1.15 bits per heavy atom. The van der Waals surface area contributed by atoms with E-state index in [-0.39, 0.29) is 5.82 Å². The van der Waals surface area contributed by atoms with Gasteiger partial charge >= 0.3 is 0 Å². The summed E-state index contributed by atoms with van der Waals surface area (Å²) in [7, 11) is 0. The molecule has 0 saturated carbocycles. The van der Waals surface area contributed by atoms with Crippen molar-refractivity contribution in [3.05, 3.63) is 69.4 Å². The molecule has 0 aliphatic heterocycles. The second kappa shape index (κ2) is 9.00. The van der Waals surface area contributed by atoms with Gasteiger partial charge in [-0.25, -0.2) is 9.37 Å². The summed E-state index contributed by atoms with van der Waals surface area (Å²) in [6, 6.07) is 10.2. The first-order chi connectivity index (χ1) is 12.7. The van der Waals surface area contributed by atoms with Gasteiger partial charge in [-0.3, -0.25) is 0 Å². The van der Waals surface area contributed by atoms with Crippen LogP contribution in [-0.2, 0) is 13.2 Å². The van der Waals surface area contributed by atoms with Gasteiger partial charge in [0.05, 0.1) is 11.1 Å². The molecular weight excluding hydrogens is 419 g/mol. The van der Waals surface area contributed by atoms with E-state index in [0.29, 0.717) is 31.3 Å². The fourth-order valence-corrected chi connectivity index (χ4v) is 3.48. The lowest BCUT2D eigenvalue weighted by molar-refractivity contribution is 0.267. The van der Waals surface area contributed by atoms with Crippen LogP contribution in [0.2, 0.25) is 0 Å². The van der Waals surface area contributed by atoms with E-state index in [2.05, 4.69) is 26.2 Å². The van der Waals surface area contributed by atoms with Crippen LogP contribution >= 0.6 is 27.3 Å². The molecule has 4 nitrogen and oxygen atoms in total. The number of nitrogens with zero attached hydrogens (tertiary/aromatic N) is 1. The number of hydrogen-bond acceptors (Lipinski definition) is 5. The molecule has 0 aliphatic rings. The highest BCUT2D eigenvalue weighted by Crippen LogP contribution is 2.37. The Hall–Kier alpha value is -2.12. The van der Waals surface area contributed by atoms with Crippen molar-refractivity contribution in [2.24, 2.45) is 0 Å². The van der Waals surface area contributed by atoms with E-state index in [0.717, 1.165) is 20.7 Å². The first-order valence-corrected chi connectivity index (χ1v) is 9.79. The number of nitrogens with one attached hydrogen (secondary N) is 1. The molecule has 136 valence electrons. The molecule has 0 spiro atoms. The van der Waals surface area contributed by atoms with Crippen molar-refractivity contribution in [2.75, 3.05) is 11.9 Å². The van der Waals surface area contributed by atoms with E-state index in [1.165, 1.54) is 12.1 Å². The van der Waals surface area contributed by atoms with Crippen molar-refractivity contribution < 1.29 is 13.9 Å². The van der Waals surface area contributed by atoms with Crippen LogP contribution in [0.4, 0.5) is 9.52 Å². The molecule has 1 N–H and O–H groups in total. The number of halogens is 2. The van der Waals surface area contributed by atoms with Crippen LogP contribution < -0.4 is 14.8 Å². The first kappa shape index (κ1) is 18.7. The Kier molecular flexibility index (Phi) is 6.46. The van der Waals surface area contributed by atoms with E-state index in [1.807, 2.05) is 24.4 Å². The summed E-state index contributed by atoms with van der Waals surface area (Å²) in [5.41, 5.74) is 1.93. The van der Waals surface area contributed by atoms with Crippen molar-refractivity contribution in [1.82, 2.24) is 4.98 Å². The normalized spacial score (nSPS) is 10.6. The molecule has 0 bridgehead atoms. The average molecular weight is 437 g/mol. The minimum atomic E-state index is -0.262. The highest BCUT2D eigenvalue weighted by atomic mass is 79.9. The van der Waals surface area contributed by atoms with Gasteiger partial charge in [0.15, 0.2) is 16.6 Å². The van der Waals surface area contributed by atoms with Gasteiger partial charge in [0, 0.05) is 18.1 Å². The summed E-state index contributed by atoms with van der Waals surface area (Å²) in [5, 5.41) is 6.07. The lowest BCUT2D eigenvalue weighted by atomic mass is 10.2. The van der Waals surface area contributed by atoms with Crippen LogP contribution in [0.15, 0.2) is 52.4 Å². The van der Waals surface area contributed by atoms with E-state index < -0.39 is 0 Å². The predicted octanol–water partition coefficient (Wildman–Crippen LogP) is 5.63. The zero-order chi connectivity index (χ0) is 18.4. The molecule has 1 aromatic heterocycles. The molecular formula is C19H18BrFN2O2S. The zero-order valence-electron chi connectivity index (χ0n) is 14.2. The van der Waals surface area contributed by atoms with Gasteiger partial charge in [0.2, 0.25) is 0 Å². The largest absolute Gasteiger partial charge is 0.490 e. The molecule has 0 aliphatic carbocycles. The highest BCUT2D eigenvalue weighted by Gasteiger charge is 2.13. The van der Waals surface area contributed by atoms with E-state index in [4.69, 9.17) is 9.47 Å². The Labute approximate surface area is 164 Å². The summed E-state index contributed by atoms with van der Waals surface area (Å²) in [6.45, 7) is 3.42. The summed E-state index contributed by atoms with van der Waals surface area (Å²) in [6.07, 6.45) is 1.76. The monoisotopic (exact) mass is 436 g/mol. The zero-order valence-corrected chi connectivity index (χ0v) is 16.6. The van der Waals surface area contributed by atoms with Crippen molar-refractivity contribution in [3.8, 4) is 11.5 Å². The topological polar surface area (TPSA) is 43.4 Å². The first-order valence-electron chi connectivity index (χ1n) is 8.11. The molecule has 0 fully saturated rings. The second-order valence-corrected chi connectivity index (χ2v) is 7.19. The van der Waals surface area contributed by atoms with Crippen LogP contribution in [0.5, 0.6) is 11.5 Å². The molecule has 0 unspecified atom stereocenters. The summed E-state index contributed by atoms with van der Waals surface area (Å²) in [4.78, 5) is 4.21. The number of ether oxygens (including phenoxy) is 2. The maximum Gasteiger partial charge on any atom is 0.182 e. The Morgan fingerprint density at radius 3 is 2.65 bits per heavy atom. The third-order valence-corrected chi connectivity index (χ3v) is 4.86. The predicted molar refractivity (Wildman–Crippen MR) is 105 cm³/mol. The molecule has 3 aromatic rings. The van der Waals surface area contributed by atoms with Gasteiger partial charge in [-0.1, -0.05) is 12.1 Å². The van der Waals surface area contributed by atoms with Gasteiger partial charge in [0.1, 0.15) is 12.4 Å². The van der Waals surface area contributed by atoms with Crippen LogP contribution in [0.3, 0.4) is 0 Å². The number of benzene rings is 2. The van der Waals surface area contributed by atoms with Gasteiger partial charge in [-0.2, -0.15) is 0 Å². The molecule has 1 heterocycles. The van der Waals surface area contributed by atoms with Crippen LogP contribution in [-0.4, -0.2) is 11.6 Å². The fourth-order valence-electron chi connectivity index (χ4n) is 2.35. The number of rotatable bonds is 8. The smallest absolute Gasteiger partial charge is 0.182 e. The summed E-state index contributed by atoms with van der Waals surface area (Å²) >= 11 is 5.12. The maximum absolute atomic E-state index is 13.0. The summed E-state index contributed by atoms with van der Waals surface area (Å²) < 4.78 is 25.5. The SMILES string of the molecule is CCOc1cc(CNc2nccs2)cc(Br)c1OCc1ccc(F)cc1. The van der Waals surface area contributed by atoms with Crippen LogP contribution in [0.1, 0.15) is 18.1 Å². The molecule has 3 rings (SSSR count). The van der Waals surface area contributed by atoms with E-state index >= 15 is 0 Å². The third-order valence-electron chi connectivity index (χ3n) is 3.54. The maximum atomic E-state index is 13.0. The fraction of sp³-hybridized carbons (Fsp3) is 0.211. The lowest BCUT2D eigenvalue weighted by Crippen LogP contribution is -2.04. The van der Waals surface area contributed by atoms with Crippen LogP contribution in [0.25, 0.3) is 0 Å². The van der Waals surface area contributed by atoms with Crippen molar-refractivity contribution in [1.29, 1.82) is 0 Å². The van der Waals surface area contributed by atoms with Gasteiger partial charge in [-0.05, 0) is 58.2 Å². The Balaban J connectivity index is 1.74. The van der Waals surface area contributed by atoms with Crippen molar-refractivity contribution in [2.45, 2.75) is 20.1 Å². The van der Waals surface area contributed by atoms with E-state index in [9.17, 15) is 4.39 Å². The minimum absolute atomic E-state index is 0.262. The average Bonchev–Trinajstić information content (AvgIpc) is 3.14. The molecule has 26 heavy (non-hydrogen) atoms. The second-order valence-electron chi connectivity index (χ2n) is 5.44. The third kappa shape index (κ3) is 4.95. The van der Waals surface area contributed by atoms with Crippen molar-refractivity contribution in [3.63, 3.8) is 0 Å². The summed E-state index contributed by atoms with van der Waals surface area (Å²) in [5.74, 6) is 1.04. The van der Waals surface area contributed by atoms with Crippen LogP contribution in [0, 0.1) is 5.82 Å². The van der Waals surface area contributed by atoms with E-state index in [1.54, 1.807) is 29.7 Å². The number of anilines is 1. The number of thiazole rings is 1. The molecule has 0 saturated heterocycles. The molecule has 0 amide bonds. The number of hydrogen-bond donors (Lipinski definition) is 1. The van der Waals surface area contributed by atoms with Gasteiger partial charge in [0.25, 0.3) is 0 Å². The highest BCUT2D eigenvalue weighted by molar-refractivity contribution is 9.10. The standard InChI is InChI=1S/C19H18BrFN2O2S/c1-2-24-17-10-14(11-23-19-22-7-8-26-19)9-16(20)18(17)25-12-13-3-5-15(21)6-4-13/h3-10H,2,11-12H2,1H3,(H,22,23).